The summed E-state index contributed by atoms with van der Waals surface area (Å²) in [7, 11) is 3.21. The molecular weight excluding hydrogens is 354 g/mol. The molecule has 1 amide bonds. The van der Waals surface area contributed by atoms with Crippen molar-refractivity contribution >= 4 is 34.2 Å². The van der Waals surface area contributed by atoms with Gasteiger partial charge < -0.3 is 18.8 Å². The first-order valence-electron chi connectivity index (χ1n) is 8.01. The van der Waals surface area contributed by atoms with E-state index in [-0.39, 0.29) is 24.9 Å². The fraction of sp³-hybridized carbons (Fsp3) is 0.263. The molecule has 0 spiro atoms. The molecule has 1 aromatic carbocycles. The van der Waals surface area contributed by atoms with Gasteiger partial charge in [0, 0.05) is 31.7 Å². The minimum Gasteiger partial charge on any atom is -0.450 e. The average molecular weight is 373 g/mol. The fourth-order valence-corrected chi connectivity index (χ4v) is 3.26. The molecule has 0 radical (unpaired) electrons. The van der Waals surface area contributed by atoms with Gasteiger partial charge in [0.1, 0.15) is 5.58 Å². The largest absolute Gasteiger partial charge is 0.450 e. The lowest BCUT2D eigenvalue weighted by molar-refractivity contribution is -0.133. The van der Waals surface area contributed by atoms with E-state index in [1.807, 2.05) is 35.0 Å². The Morgan fingerprint density at radius 1 is 1.23 bits per heavy atom. The summed E-state index contributed by atoms with van der Waals surface area (Å²) in [5.74, 6) is -0.888. The van der Waals surface area contributed by atoms with Crippen LogP contribution in [-0.2, 0) is 27.4 Å². The highest BCUT2D eigenvalue weighted by atomic mass is 32.1. The second-order valence-corrected chi connectivity index (χ2v) is 6.58. The molecule has 0 aliphatic rings. The lowest BCUT2D eigenvalue weighted by Gasteiger charge is -2.16. The van der Waals surface area contributed by atoms with E-state index < -0.39 is 5.97 Å². The van der Waals surface area contributed by atoms with E-state index in [1.54, 1.807) is 31.6 Å². The van der Waals surface area contributed by atoms with E-state index in [9.17, 15) is 9.59 Å². The average Bonchev–Trinajstić information content (AvgIpc) is 3.28. The number of para-hydroxylation sites is 1. The highest BCUT2D eigenvalue weighted by Gasteiger charge is 2.23. The van der Waals surface area contributed by atoms with Crippen LogP contribution in [0, 0.1) is 0 Å². The number of fused-ring (bicyclic) bond motifs is 1. The van der Waals surface area contributed by atoms with E-state index in [2.05, 4.69) is 0 Å². The Morgan fingerprint density at radius 2 is 2.04 bits per heavy atom. The van der Waals surface area contributed by atoms with Gasteiger partial charge in [0.2, 0.25) is 5.76 Å². The molecule has 7 heteroatoms. The van der Waals surface area contributed by atoms with Gasteiger partial charge in [-0.15, -0.1) is 0 Å². The van der Waals surface area contributed by atoms with Gasteiger partial charge in [-0.2, -0.15) is 11.3 Å². The molecule has 0 atom stereocenters. The van der Waals surface area contributed by atoms with Crippen molar-refractivity contribution in [1.29, 1.82) is 0 Å². The van der Waals surface area contributed by atoms with E-state index in [0.29, 0.717) is 17.7 Å². The lowest BCUT2D eigenvalue weighted by Crippen LogP contribution is -2.30. The number of hydrogen-bond acceptors (Lipinski definition) is 6. The first-order valence-corrected chi connectivity index (χ1v) is 8.96. The quantitative estimate of drug-likeness (QED) is 0.593. The number of esters is 1. The van der Waals surface area contributed by atoms with Gasteiger partial charge in [-0.3, -0.25) is 4.79 Å². The number of nitrogens with zero attached hydrogens (tertiary/aromatic N) is 1. The Kier molecular flexibility index (Phi) is 5.70. The number of likely N-dealkylation sites (N-methyl/N-ethyl adjacent to an activating group) is 1. The molecule has 0 unspecified atom stereocenters. The van der Waals surface area contributed by atoms with Gasteiger partial charge in [-0.05, 0) is 28.5 Å². The van der Waals surface area contributed by atoms with Crippen LogP contribution in [0.5, 0.6) is 0 Å². The number of carbonyl (C=O) groups is 2. The SMILES string of the molecule is COCc1c(C(=O)OCC(=O)N(C)Cc2ccsc2)oc2ccccc12. The standard InChI is InChI=1S/C19H19NO5S/c1-20(9-13-7-8-26-12-13)17(21)11-24-19(22)18-15(10-23-2)14-5-3-4-6-16(14)25-18/h3-8,12H,9-11H2,1-2H3. The second-order valence-electron chi connectivity index (χ2n) is 5.80. The molecular formula is C19H19NO5S. The molecule has 136 valence electrons. The van der Waals surface area contributed by atoms with Crippen molar-refractivity contribution < 1.29 is 23.5 Å². The maximum atomic E-state index is 12.4. The summed E-state index contributed by atoms with van der Waals surface area (Å²) >= 11 is 1.57. The Morgan fingerprint density at radius 3 is 2.77 bits per heavy atom. The van der Waals surface area contributed by atoms with Crippen LogP contribution in [-0.4, -0.2) is 37.5 Å². The number of methoxy groups -OCH3 is 1. The van der Waals surface area contributed by atoms with E-state index in [1.165, 1.54) is 4.90 Å². The third kappa shape index (κ3) is 3.95. The minimum absolute atomic E-state index is 0.0707. The van der Waals surface area contributed by atoms with Crippen LogP contribution in [0.1, 0.15) is 21.7 Å². The second kappa shape index (κ2) is 8.16. The molecule has 3 rings (SSSR count). The number of thiophene rings is 1. The normalized spacial score (nSPS) is 10.8. The highest BCUT2D eigenvalue weighted by Crippen LogP contribution is 2.27. The molecule has 0 saturated carbocycles. The summed E-state index contributed by atoms with van der Waals surface area (Å²) in [5, 5.41) is 4.72. The van der Waals surface area contributed by atoms with Crippen molar-refractivity contribution in [3.05, 3.63) is 58.0 Å². The maximum Gasteiger partial charge on any atom is 0.375 e. The van der Waals surface area contributed by atoms with Gasteiger partial charge in [0.05, 0.1) is 6.61 Å². The van der Waals surface area contributed by atoms with Gasteiger partial charge in [0.25, 0.3) is 5.91 Å². The Balaban J connectivity index is 1.67. The number of ether oxygens (including phenoxy) is 2. The molecule has 26 heavy (non-hydrogen) atoms. The number of carbonyl (C=O) groups excluding carboxylic acids is 2. The molecule has 0 fully saturated rings. The lowest BCUT2D eigenvalue weighted by atomic mass is 10.1. The van der Waals surface area contributed by atoms with Crippen LogP contribution in [0.2, 0.25) is 0 Å². The van der Waals surface area contributed by atoms with Gasteiger partial charge in [-0.1, -0.05) is 18.2 Å². The van der Waals surface area contributed by atoms with Crippen LogP contribution in [0.4, 0.5) is 0 Å². The Labute approximate surface area is 154 Å². The van der Waals surface area contributed by atoms with Gasteiger partial charge in [-0.25, -0.2) is 4.79 Å². The molecule has 0 bridgehead atoms. The van der Waals surface area contributed by atoms with E-state index in [4.69, 9.17) is 13.9 Å². The van der Waals surface area contributed by atoms with Crippen LogP contribution < -0.4 is 0 Å². The molecule has 6 nitrogen and oxygen atoms in total. The number of furan rings is 1. The monoisotopic (exact) mass is 373 g/mol. The number of benzene rings is 1. The predicted octanol–water partition coefficient (Wildman–Crippen LogP) is 3.46. The summed E-state index contributed by atoms with van der Waals surface area (Å²) in [4.78, 5) is 26.1. The highest BCUT2D eigenvalue weighted by molar-refractivity contribution is 7.07. The third-order valence-electron chi connectivity index (χ3n) is 3.92. The zero-order valence-electron chi connectivity index (χ0n) is 14.6. The van der Waals surface area contributed by atoms with Crippen molar-refractivity contribution in [3.63, 3.8) is 0 Å². The van der Waals surface area contributed by atoms with E-state index in [0.717, 1.165) is 10.9 Å². The molecule has 2 aromatic heterocycles. The number of rotatable bonds is 7. The summed E-state index contributed by atoms with van der Waals surface area (Å²) in [6.45, 7) is 0.343. The Hall–Kier alpha value is -2.64. The third-order valence-corrected chi connectivity index (χ3v) is 4.66. The molecule has 0 N–H and O–H groups in total. The van der Waals surface area contributed by atoms with Crippen molar-refractivity contribution in [1.82, 2.24) is 4.90 Å². The predicted molar refractivity (Wildman–Crippen MR) is 98.0 cm³/mol. The molecule has 3 aromatic rings. The maximum absolute atomic E-state index is 12.4. The Bertz CT molecular complexity index is 900. The summed E-state index contributed by atoms with van der Waals surface area (Å²) in [5.41, 5.74) is 2.23. The minimum atomic E-state index is -0.675. The molecule has 2 heterocycles. The summed E-state index contributed by atoms with van der Waals surface area (Å²) in [6.07, 6.45) is 0. The van der Waals surface area contributed by atoms with Gasteiger partial charge in [0.15, 0.2) is 6.61 Å². The number of amides is 1. The topological polar surface area (TPSA) is 69.0 Å². The molecule has 0 aliphatic heterocycles. The smallest absolute Gasteiger partial charge is 0.375 e. The van der Waals surface area contributed by atoms with Crippen LogP contribution in [0.15, 0.2) is 45.5 Å². The van der Waals surface area contributed by atoms with Crippen molar-refractivity contribution in [2.45, 2.75) is 13.2 Å². The first kappa shape index (κ1) is 18.2. The van der Waals surface area contributed by atoms with Crippen LogP contribution in [0.25, 0.3) is 11.0 Å². The van der Waals surface area contributed by atoms with Crippen LogP contribution >= 0.6 is 11.3 Å². The summed E-state index contributed by atoms with van der Waals surface area (Å²) in [6, 6.07) is 9.25. The van der Waals surface area contributed by atoms with Crippen molar-refractivity contribution in [3.8, 4) is 0 Å². The number of hydrogen-bond donors (Lipinski definition) is 0. The molecule has 0 saturated heterocycles. The van der Waals surface area contributed by atoms with Crippen molar-refractivity contribution in [2.24, 2.45) is 0 Å². The summed E-state index contributed by atoms with van der Waals surface area (Å²) < 4.78 is 15.9. The first-order chi connectivity index (χ1) is 12.6. The van der Waals surface area contributed by atoms with Crippen molar-refractivity contribution in [2.75, 3.05) is 20.8 Å². The van der Waals surface area contributed by atoms with Gasteiger partial charge >= 0.3 is 5.97 Å². The van der Waals surface area contributed by atoms with E-state index >= 15 is 0 Å². The van der Waals surface area contributed by atoms with Crippen LogP contribution in [0.3, 0.4) is 0 Å². The fourth-order valence-electron chi connectivity index (χ4n) is 2.60. The zero-order chi connectivity index (χ0) is 18.5. The zero-order valence-corrected chi connectivity index (χ0v) is 15.4. The molecule has 0 aliphatic carbocycles.